The summed E-state index contributed by atoms with van der Waals surface area (Å²) in [6.07, 6.45) is 2.14. The van der Waals surface area contributed by atoms with Crippen molar-refractivity contribution < 1.29 is 4.79 Å². The molecule has 1 aromatic heterocycles. The predicted molar refractivity (Wildman–Crippen MR) is 81.6 cm³/mol. The SMILES string of the molecule is CCC1NC(c2ccsc2)N(CC2CCN(C)C2)C1=O. The van der Waals surface area contributed by atoms with Gasteiger partial charge in [0.25, 0.3) is 0 Å². The van der Waals surface area contributed by atoms with Gasteiger partial charge >= 0.3 is 0 Å². The number of rotatable bonds is 4. The van der Waals surface area contributed by atoms with E-state index in [2.05, 4.69) is 45.9 Å². The standard InChI is InChI=1S/C15H23N3OS/c1-3-13-15(19)18(9-11-4-6-17(2)8-11)14(16-13)12-5-7-20-10-12/h5,7,10-11,13-14,16H,3-4,6,8-9H2,1-2H3. The van der Waals surface area contributed by atoms with E-state index in [1.54, 1.807) is 11.3 Å². The van der Waals surface area contributed by atoms with Crippen LogP contribution in [0, 0.1) is 5.92 Å². The van der Waals surface area contributed by atoms with Gasteiger partial charge in [-0.15, -0.1) is 0 Å². The summed E-state index contributed by atoms with van der Waals surface area (Å²) >= 11 is 1.70. The molecule has 3 atom stereocenters. The lowest BCUT2D eigenvalue weighted by atomic mass is 10.1. The molecule has 3 unspecified atom stereocenters. The summed E-state index contributed by atoms with van der Waals surface area (Å²) in [7, 11) is 2.16. The van der Waals surface area contributed by atoms with Crippen molar-refractivity contribution in [3.05, 3.63) is 22.4 Å². The van der Waals surface area contributed by atoms with Crippen molar-refractivity contribution in [2.24, 2.45) is 5.92 Å². The first-order chi connectivity index (χ1) is 9.69. The number of nitrogens with one attached hydrogen (secondary N) is 1. The fourth-order valence-corrected chi connectivity index (χ4v) is 4.01. The van der Waals surface area contributed by atoms with E-state index in [0.717, 1.165) is 26.1 Å². The summed E-state index contributed by atoms with van der Waals surface area (Å²) in [4.78, 5) is 17.0. The van der Waals surface area contributed by atoms with E-state index in [-0.39, 0.29) is 18.1 Å². The molecule has 2 fully saturated rings. The predicted octanol–water partition coefficient (Wildman–Crippen LogP) is 1.91. The lowest BCUT2D eigenvalue weighted by Crippen LogP contribution is -2.36. The smallest absolute Gasteiger partial charge is 0.241 e. The maximum atomic E-state index is 12.6. The van der Waals surface area contributed by atoms with Gasteiger partial charge in [0.15, 0.2) is 0 Å². The molecule has 4 nitrogen and oxygen atoms in total. The van der Waals surface area contributed by atoms with Crippen LogP contribution >= 0.6 is 11.3 Å². The van der Waals surface area contributed by atoms with Gasteiger partial charge in [-0.2, -0.15) is 11.3 Å². The number of amides is 1. The molecule has 2 aliphatic rings. The monoisotopic (exact) mass is 293 g/mol. The highest BCUT2D eigenvalue weighted by Gasteiger charge is 2.40. The van der Waals surface area contributed by atoms with Crippen molar-refractivity contribution in [1.29, 1.82) is 0 Å². The molecule has 0 bridgehead atoms. The van der Waals surface area contributed by atoms with Gasteiger partial charge in [-0.05, 0) is 54.7 Å². The molecule has 0 aromatic carbocycles. The van der Waals surface area contributed by atoms with Crippen LogP contribution in [0.15, 0.2) is 16.8 Å². The molecular formula is C15H23N3OS. The van der Waals surface area contributed by atoms with Crippen molar-refractivity contribution in [3.8, 4) is 0 Å². The fraction of sp³-hybridized carbons (Fsp3) is 0.667. The summed E-state index contributed by atoms with van der Waals surface area (Å²) in [5.41, 5.74) is 1.23. The summed E-state index contributed by atoms with van der Waals surface area (Å²) in [5.74, 6) is 0.890. The zero-order valence-electron chi connectivity index (χ0n) is 12.2. The van der Waals surface area contributed by atoms with Gasteiger partial charge in [0.05, 0.1) is 6.04 Å². The van der Waals surface area contributed by atoms with Gasteiger partial charge in [-0.3, -0.25) is 10.1 Å². The van der Waals surface area contributed by atoms with Crippen LogP contribution in [0.1, 0.15) is 31.5 Å². The average molecular weight is 293 g/mol. The van der Waals surface area contributed by atoms with Gasteiger partial charge < -0.3 is 9.80 Å². The molecule has 20 heavy (non-hydrogen) atoms. The number of hydrogen-bond donors (Lipinski definition) is 1. The maximum absolute atomic E-state index is 12.6. The Morgan fingerprint density at radius 3 is 2.95 bits per heavy atom. The number of carbonyl (C=O) groups excluding carboxylic acids is 1. The van der Waals surface area contributed by atoms with Crippen LogP contribution in [-0.2, 0) is 4.79 Å². The molecule has 5 heteroatoms. The van der Waals surface area contributed by atoms with Crippen molar-refractivity contribution in [2.45, 2.75) is 32.0 Å². The first-order valence-electron chi connectivity index (χ1n) is 7.46. The molecule has 110 valence electrons. The lowest BCUT2D eigenvalue weighted by Gasteiger charge is -2.26. The Hall–Kier alpha value is -0.910. The van der Waals surface area contributed by atoms with Crippen molar-refractivity contribution in [2.75, 3.05) is 26.7 Å². The Labute approximate surface area is 124 Å². The second-order valence-corrected chi connectivity index (χ2v) is 6.77. The zero-order chi connectivity index (χ0) is 14.1. The van der Waals surface area contributed by atoms with Crippen LogP contribution in [0.25, 0.3) is 0 Å². The highest BCUT2D eigenvalue weighted by Crippen LogP contribution is 2.30. The summed E-state index contributed by atoms with van der Waals surface area (Å²) < 4.78 is 0. The number of nitrogens with zero attached hydrogens (tertiary/aromatic N) is 2. The fourth-order valence-electron chi connectivity index (χ4n) is 3.33. The average Bonchev–Trinajstić information content (AvgIpc) is 3.13. The van der Waals surface area contributed by atoms with Crippen LogP contribution < -0.4 is 5.32 Å². The minimum Gasteiger partial charge on any atom is -0.321 e. The second kappa shape index (κ2) is 5.84. The maximum Gasteiger partial charge on any atom is 0.241 e. The van der Waals surface area contributed by atoms with Crippen LogP contribution in [0.3, 0.4) is 0 Å². The Morgan fingerprint density at radius 2 is 2.35 bits per heavy atom. The van der Waals surface area contributed by atoms with Gasteiger partial charge in [0.2, 0.25) is 5.91 Å². The van der Waals surface area contributed by atoms with Crippen LogP contribution in [0.5, 0.6) is 0 Å². The van der Waals surface area contributed by atoms with Gasteiger partial charge in [-0.1, -0.05) is 6.92 Å². The topological polar surface area (TPSA) is 35.6 Å². The van der Waals surface area contributed by atoms with Crippen molar-refractivity contribution in [1.82, 2.24) is 15.1 Å². The lowest BCUT2D eigenvalue weighted by molar-refractivity contribution is -0.130. The largest absolute Gasteiger partial charge is 0.321 e. The third kappa shape index (κ3) is 2.62. The van der Waals surface area contributed by atoms with Crippen molar-refractivity contribution >= 4 is 17.2 Å². The quantitative estimate of drug-likeness (QED) is 0.921. The van der Waals surface area contributed by atoms with Crippen LogP contribution in [0.4, 0.5) is 0 Å². The zero-order valence-corrected chi connectivity index (χ0v) is 13.0. The van der Waals surface area contributed by atoms with E-state index in [0.29, 0.717) is 5.92 Å². The van der Waals surface area contributed by atoms with E-state index in [1.165, 1.54) is 12.0 Å². The van der Waals surface area contributed by atoms with E-state index >= 15 is 0 Å². The Morgan fingerprint density at radius 1 is 1.50 bits per heavy atom. The molecule has 3 heterocycles. The van der Waals surface area contributed by atoms with Crippen molar-refractivity contribution in [3.63, 3.8) is 0 Å². The van der Waals surface area contributed by atoms with E-state index in [4.69, 9.17) is 0 Å². The second-order valence-electron chi connectivity index (χ2n) is 5.99. The third-order valence-electron chi connectivity index (χ3n) is 4.46. The third-order valence-corrected chi connectivity index (χ3v) is 5.16. The van der Waals surface area contributed by atoms with Crippen LogP contribution in [0.2, 0.25) is 0 Å². The number of hydrogen-bond acceptors (Lipinski definition) is 4. The summed E-state index contributed by atoms with van der Waals surface area (Å²) in [6, 6.07) is 2.11. The summed E-state index contributed by atoms with van der Waals surface area (Å²) in [5, 5.41) is 7.73. The molecule has 2 aliphatic heterocycles. The molecule has 0 spiro atoms. The molecule has 1 N–H and O–H groups in total. The van der Waals surface area contributed by atoms with Crippen LogP contribution in [-0.4, -0.2) is 48.4 Å². The molecular weight excluding hydrogens is 270 g/mol. The van der Waals surface area contributed by atoms with Gasteiger partial charge in [-0.25, -0.2) is 0 Å². The minimum absolute atomic E-state index is 0.0148. The summed E-state index contributed by atoms with van der Waals surface area (Å²) in [6.45, 7) is 5.22. The number of carbonyl (C=O) groups is 1. The molecule has 2 saturated heterocycles. The Balaban J connectivity index is 1.75. The first-order valence-corrected chi connectivity index (χ1v) is 8.40. The molecule has 0 radical (unpaired) electrons. The minimum atomic E-state index is -0.0148. The molecule has 0 aliphatic carbocycles. The number of thiophene rings is 1. The van der Waals surface area contributed by atoms with E-state index < -0.39 is 0 Å². The Kier molecular flexibility index (Phi) is 4.10. The molecule has 3 rings (SSSR count). The number of likely N-dealkylation sites (tertiary alicyclic amines) is 1. The molecule has 1 amide bonds. The highest BCUT2D eigenvalue weighted by molar-refractivity contribution is 7.07. The van der Waals surface area contributed by atoms with E-state index in [9.17, 15) is 4.79 Å². The van der Waals surface area contributed by atoms with E-state index in [1.807, 2.05) is 0 Å². The first kappa shape index (κ1) is 14.0. The van der Waals surface area contributed by atoms with Gasteiger partial charge in [0.1, 0.15) is 6.17 Å². The molecule has 1 aromatic rings. The normalized spacial score (nSPS) is 31.4. The van der Waals surface area contributed by atoms with Gasteiger partial charge in [0, 0.05) is 13.1 Å². The molecule has 0 saturated carbocycles. The Bertz CT molecular complexity index is 462. The highest BCUT2D eigenvalue weighted by atomic mass is 32.1.